The average molecular weight is 187 g/mol. The minimum atomic E-state index is 0.514. The molecule has 0 fully saturated rings. The second-order valence-electron chi connectivity index (χ2n) is 3.03. The van der Waals surface area contributed by atoms with Crippen LogP contribution in [0.15, 0.2) is 23.6 Å². The van der Waals surface area contributed by atoms with Gasteiger partial charge in [-0.2, -0.15) is 5.26 Å². The number of rotatable bonds is 1. The summed E-state index contributed by atoms with van der Waals surface area (Å²) in [4.78, 5) is 0. The minimum absolute atomic E-state index is 0.514. The van der Waals surface area contributed by atoms with E-state index >= 15 is 0 Å². The number of thiophene rings is 1. The lowest BCUT2D eigenvalue weighted by Gasteiger charge is -2.02. The molecule has 2 aromatic rings. The summed E-state index contributed by atoms with van der Waals surface area (Å²) in [7, 11) is 0. The van der Waals surface area contributed by atoms with Crippen molar-refractivity contribution in [1.82, 2.24) is 0 Å². The molecular weight excluding hydrogens is 178 g/mol. The maximum absolute atomic E-state index is 8.69. The summed E-state index contributed by atoms with van der Waals surface area (Å²) in [5.41, 5.74) is 2.40. The number of nitrogens with zero attached hydrogens (tertiary/aromatic N) is 1. The summed E-state index contributed by atoms with van der Waals surface area (Å²) in [6.07, 6.45) is 0.514. The molecule has 13 heavy (non-hydrogen) atoms. The summed E-state index contributed by atoms with van der Waals surface area (Å²) in [5, 5.41) is 12.0. The first-order valence-electron chi connectivity index (χ1n) is 4.15. The van der Waals surface area contributed by atoms with E-state index in [1.807, 2.05) is 0 Å². The minimum Gasteiger partial charge on any atom is -0.198 e. The van der Waals surface area contributed by atoms with E-state index < -0.39 is 0 Å². The molecule has 2 rings (SSSR count). The van der Waals surface area contributed by atoms with Gasteiger partial charge in [0, 0.05) is 4.70 Å². The lowest BCUT2D eigenvalue weighted by atomic mass is 10.0. The molecule has 0 aliphatic rings. The predicted octanol–water partition coefficient (Wildman–Crippen LogP) is 3.28. The maximum Gasteiger partial charge on any atom is 0.0670 e. The van der Waals surface area contributed by atoms with Crippen molar-refractivity contribution in [3.8, 4) is 6.07 Å². The Labute approximate surface area is 81.2 Å². The van der Waals surface area contributed by atoms with Crippen molar-refractivity contribution in [2.75, 3.05) is 0 Å². The van der Waals surface area contributed by atoms with Crippen LogP contribution in [0.3, 0.4) is 0 Å². The first-order valence-corrected chi connectivity index (χ1v) is 5.03. The number of benzene rings is 1. The third-order valence-corrected chi connectivity index (χ3v) is 3.12. The van der Waals surface area contributed by atoms with E-state index in [4.69, 9.17) is 5.26 Å². The van der Waals surface area contributed by atoms with Crippen molar-refractivity contribution >= 4 is 21.4 Å². The number of hydrogen-bond acceptors (Lipinski definition) is 2. The molecule has 0 aliphatic carbocycles. The summed E-state index contributed by atoms with van der Waals surface area (Å²) in [5.74, 6) is 0. The lowest BCUT2D eigenvalue weighted by molar-refractivity contribution is 1.24. The van der Waals surface area contributed by atoms with Crippen LogP contribution in [0.4, 0.5) is 0 Å². The van der Waals surface area contributed by atoms with Crippen molar-refractivity contribution in [3.63, 3.8) is 0 Å². The van der Waals surface area contributed by atoms with Gasteiger partial charge in [-0.1, -0.05) is 6.07 Å². The molecule has 0 spiro atoms. The number of aryl methyl sites for hydroxylation is 1. The predicted molar refractivity (Wildman–Crippen MR) is 55.9 cm³/mol. The second kappa shape index (κ2) is 3.20. The molecule has 0 saturated heterocycles. The van der Waals surface area contributed by atoms with Gasteiger partial charge in [-0.15, -0.1) is 11.3 Å². The smallest absolute Gasteiger partial charge is 0.0670 e. The quantitative estimate of drug-likeness (QED) is 0.672. The second-order valence-corrected chi connectivity index (χ2v) is 3.98. The van der Waals surface area contributed by atoms with Crippen LogP contribution in [0.5, 0.6) is 0 Å². The van der Waals surface area contributed by atoms with Crippen molar-refractivity contribution in [2.24, 2.45) is 0 Å². The van der Waals surface area contributed by atoms with Gasteiger partial charge >= 0.3 is 0 Å². The highest BCUT2D eigenvalue weighted by molar-refractivity contribution is 7.17. The van der Waals surface area contributed by atoms with Gasteiger partial charge in [0.05, 0.1) is 12.5 Å². The fourth-order valence-corrected chi connectivity index (χ4v) is 2.34. The van der Waals surface area contributed by atoms with Gasteiger partial charge in [-0.3, -0.25) is 0 Å². The van der Waals surface area contributed by atoms with Gasteiger partial charge in [0.25, 0.3) is 0 Å². The van der Waals surface area contributed by atoms with Gasteiger partial charge in [-0.25, -0.2) is 0 Å². The van der Waals surface area contributed by atoms with Gasteiger partial charge in [-0.05, 0) is 40.9 Å². The first kappa shape index (κ1) is 8.28. The van der Waals surface area contributed by atoms with Crippen molar-refractivity contribution < 1.29 is 0 Å². The summed E-state index contributed by atoms with van der Waals surface area (Å²) in [6.45, 7) is 2.06. The molecule has 0 amide bonds. The van der Waals surface area contributed by atoms with Gasteiger partial charge in [0.15, 0.2) is 0 Å². The van der Waals surface area contributed by atoms with Crippen LogP contribution < -0.4 is 0 Å². The van der Waals surface area contributed by atoms with Crippen LogP contribution in [-0.4, -0.2) is 0 Å². The topological polar surface area (TPSA) is 23.8 Å². The van der Waals surface area contributed by atoms with Crippen LogP contribution >= 0.6 is 11.3 Å². The molecule has 2 heteroatoms. The monoisotopic (exact) mass is 187 g/mol. The summed E-state index contributed by atoms with van der Waals surface area (Å²) in [6, 6.07) is 8.52. The van der Waals surface area contributed by atoms with E-state index in [1.54, 1.807) is 11.3 Å². The van der Waals surface area contributed by atoms with Crippen molar-refractivity contribution in [1.29, 1.82) is 5.26 Å². The highest BCUT2D eigenvalue weighted by Gasteiger charge is 2.04. The molecule has 0 N–H and O–H groups in total. The molecule has 0 bridgehead atoms. The van der Waals surface area contributed by atoms with Crippen LogP contribution in [-0.2, 0) is 6.42 Å². The zero-order chi connectivity index (χ0) is 9.26. The zero-order valence-electron chi connectivity index (χ0n) is 7.37. The Morgan fingerprint density at radius 2 is 2.23 bits per heavy atom. The highest BCUT2D eigenvalue weighted by atomic mass is 32.1. The third kappa shape index (κ3) is 1.32. The largest absolute Gasteiger partial charge is 0.198 e. The van der Waals surface area contributed by atoms with E-state index in [2.05, 4.69) is 36.6 Å². The Morgan fingerprint density at radius 3 is 3.00 bits per heavy atom. The number of fused-ring (bicyclic) bond motifs is 1. The van der Waals surface area contributed by atoms with Crippen LogP contribution in [0.2, 0.25) is 0 Å². The fourth-order valence-electron chi connectivity index (χ4n) is 1.53. The van der Waals surface area contributed by atoms with Crippen LogP contribution in [0.25, 0.3) is 10.1 Å². The molecule has 0 unspecified atom stereocenters. The van der Waals surface area contributed by atoms with E-state index in [9.17, 15) is 0 Å². The van der Waals surface area contributed by atoms with Crippen LogP contribution in [0, 0.1) is 18.3 Å². The molecule has 0 aliphatic heterocycles. The fraction of sp³-hybridized carbons (Fsp3) is 0.182. The third-order valence-electron chi connectivity index (χ3n) is 2.24. The SMILES string of the molecule is Cc1ccc2sccc2c1CC#N. The van der Waals surface area contributed by atoms with E-state index in [-0.39, 0.29) is 0 Å². The molecular formula is C11H9NS. The molecule has 1 aromatic heterocycles. The molecule has 1 aromatic carbocycles. The van der Waals surface area contributed by atoms with E-state index in [1.165, 1.54) is 21.2 Å². The van der Waals surface area contributed by atoms with Crippen LogP contribution in [0.1, 0.15) is 11.1 Å². The van der Waals surface area contributed by atoms with Gasteiger partial charge in [0.2, 0.25) is 0 Å². The number of nitriles is 1. The normalized spacial score (nSPS) is 10.2. The standard InChI is InChI=1S/C11H9NS/c1-8-2-3-11-10(5-7-13-11)9(8)4-6-12/h2-3,5,7H,4H2,1H3. The zero-order valence-corrected chi connectivity index (χ0v) is 8.19. The lowest BCUT2D eigenvalue weighted by Crippen LogP contribution is -1.87. The number of hydrogen-bond donors (Lipinski definition) is 0. The Kier molecular flexibility index (Phi) is 2.03. The maximum atomic E-state index is 8.69. The molecule has 0 atom stereocenters. The van der Waals surface area contributed by atoms with Crippen molar-refractivity contribution in [2.45, 2.75) is 13.3 Å². The summed E-state index contributed by atoms with van der Waals surface area (Å²) < 4.78 is 1.27. The van der Waals surface area contributed by atoms with E-state index in [0.29, 0.717) is 6.42 Å². The molecule has 0 radical (unpaired) electrons. The Balaban J connectivity index is 2.74. The Morgan fingerprint density at radius 1 is 1.38 bits per heavy atom. The van der Waals surface area contributed by atoms with Gasteiger partial charge < -0.3 is 0 Å². The molecule has 1 nitrogen and oxygen atoms in total. The molecule has 64 valence electrons. The Bertz CT molecular complexity index is 476. The summed E-state index contributed by atoms with van der Waals surface area (Å²) >= 11 is 1.73. The highest BCUT2D eigenvalue weighted by Crippen LogP contribution is 2.26. The van der Waals surface area contributed by atoms with E-state index in [0.717, 1.165) is 0 Å². The molecule has 0 saturated carbocycles. The van der Waals surface area contributed by atoms with Gasteiger partial charge in [0.1, 0.15) is 0 Å². The van der Waals surface area contributed by atoms with Crippen molar-refractivity contribution in [3.05, 3.63) is 34.7 Å². The first-order chi connectivity index (χ1) is 6.33. The Hall–Kier alpha value is -1.33. The average Bonchev–Trinajstić information content (AvgIpc) is 2.58. The molecule has 1 heterocycles.